The molecule has 21 heavy (non-hydrogen) atoms. The Bertz CT molecular complexity index is 659. The highest BCUT2D eigenvalue weighted by atomic mass is 79.9. The number of fused-ring (bicyclic) bond motifs is 1. The highest BCUT2D eigenvalue weighted by Crippen LogP contribution is 2.30. The van der Waals surface area contributed by atoms with Crippen LogP contribution in [0.15, 0.2) is 27.3 Å². The summed E-state index contributed by atoms with van der Waals surface area (Å²) in [6, 6.07) is 4.10. The van der Waals surface area contributed by atoms with Gasteiger partial charge in [-0.2, -0.15) is 0 Å². The van der Waals surface area contributed by atoms with Gasteiger partial charge in [-0.25, -0.2) is 4.79 Å². The molecule has 4 nitrogen and oxygen atoms in total. The molecule has 0 spiro atoms. The topological polar surface area (TPSA) is 54.1 Å². The minimum absolute atomic E-state index is 0.383. The smallest absolute Gasteiger partial charge is 0.407 e. The van der Waals surface area contributed by atoms with E-state index in [0.29, 0.717) is 6.54 Å². The van der Waals surface area contributed by atoms with E-state index in [-0.39, 0.29) is 6.09 Å². The molecule has 0 fully saturated rings. The van der Waals surface area contributed by atoms with Crippen molar-refractivity contribution in [2.24, 2.45) is 0 Å². The molecule has 2 aromatic rings. The summed E-state index contributed by atoms with van der Waals surface area (Å²) in [7, 11) is 0. The molecule has 0 aliphatic rings. The van der Waals surface area contributed by atoms with Crippen molar-refractivity contribution >= 4 is 48.9 Å². The standard InChI is InChI=1S/C15H18Br2N2O2/c1-15(2,3)21-14(20)18-5-4-9-8-19-13-7-12(17)11(16)6-10(9)13/h6-8,19H,4-5H2,1-3H3,(H,18,20). The minimum atomic E-state index is -0.470. The molecule has 2 N–H and O–H groups in total. The molecule has 0 aliphatic carbocycles. The number of carbonyl (C=O) groups excluding carboxylic acids is 1. The highest BCUT2D eigenvalue weighted by Gasteiger charge is 2.15. The van der Waals surface area contributed by atoms with Gasteiger partial charge in [-0.15, -0.1) is 0 Å². The maximum Gasteiger partial charge on any atom is 0.407 e. The average molecular weight is 418 g/mol. The van der Waals surface area contributed by atoms with Gasteiger partial charge in [-0.1, -0.05) is 0 Å². The van der Waals surface area contributed by atoms with Crippen LogP contribution in [0, 0.1) is 0 Å². The first-order chi connectivity index (χ1) is 9.76. The maximum absolute atomic E-state index is 11.6. The Kier molecular flexibility index (Phi) is 4.99. The Balaban J connectivity index is 1.98. The lowest BCUT2D eigenvalue weighted by molar-refractivity contribution is 0.0528. The summed E-state index contributed by atoms with van der Waals surface area (Å²) in [6.07, 6.45) is 2.33. The number of aromatic nitrogens is 1. The number of hydrogen-bond acceptors (Lipinski definition) is 2. The van der Waals surface area contributed by atoms with Gasteiger partial charge in [-0.05, 0) is 76.7 Å². The first-order valence-electron chi connectivity index (χ1n) is 6.68. The lowest BCUT2D eigenvalue weighted by Gasteiger charge is -2.19. The number of hydrogen-bond donors (Lipinski definition) is 2. The van der Waals surface area contributed by atoms with E-state index in [2.05, 4.69) is 48.2 Å². The summed E-state index contributed by atoms with van der Waals surface area (Å²) >= 11 is 6.99. The molecular weight excluding hydrogens is 400 g/mol. The zero-order valence-corrected chi connectivity index (χ0v) is 15.4. The number of benzene rings is 1. The fraction of sp³-hybridized carbons (Fsp3) is 0.400. The van der Waals surface area contributed by atoms with Crippen molar-refractivity contribution in [3.8, 4) is 0 Å². The monoisotopic (exact) mass is 416 g/mol. The molecule has 1 heterocycles. The Hall–Kier alpha value is -1.01. The fourth-order valence-electron chi connectivity index (χ4n) is 1.99. The molecule has 1 aromatic heterocycles. The van der Waals surface area contributed by atoms with Crippen molar-refractivity contribution in [1.29, 1.82) is 0 Å². The van der Waals surface area contributed by atoms with E-state index in [4.69, 9.17) is 4.74 Å². The van der Waals surface area contributed by atoms with Gasteiger partial charge in [0.05, 0.1) is 0 Å². The summed E-state index contributed by atoms with van der Waals surface area (Å²) in [6.45, 7) is 6.08. The third kappa shape index (κ3) is 4.48. The second-order valence-electron chi connectivity index (χ2n) is 5.80. The van der Waals surface area contributed by atoms with Gasteiger partial charge in [-0.3, -0.25) is 0 Å². The van der Waals surface area contributed by atoms with Crippen molar-refractivity contribution in [1.82, 2.24) is 10.3 Å². The minimum Gasteiger partial charge on any atom is -0.444 e. The molecular formula is C15H18Br2N2O2. The number of rotatable bonds is 3. The van der Waals surface area contributed by atoms with Crippen molar-refractivity contribution in [2.75, 3.05) is 6.54 Å². The van der Waals surface area contributed by atoms with Crippen molar-refractivity contribution in [2.45, 2.75) is 32.8 Å². The predicted molar refractivity (Wildman–Crippen MR) is 91.6 cm³/mol. The Labute approximate surface area is 140 Å². The van der Waals surface area contributed by atoms with Gasteiger partial charge in [0.25, 0.3) is 0 Å². The van der Waals surface area contributed by atoms with Gasteiger partial charge in [0, 0.05) is 32.6 Å². The van der Waals surface area contributed by atoms with E-state index in [9.17, 15) is 4.79 Å². The first kappa shape index (κ1) is 16.4. The second-order valence-corrected chi connectivity index (χ2v) is 7.51. The Morgan fingerprint density at radius 1 is 1.29 bits per heavy atom. The van der Waals surface area contributed by atoms with E-state index >= 15 is 0 Å². The molecule has 0 bridgehead atoms. The van der Waals surface area contributed by atoms with Crippen LogP contribution in [0.5, 0.6) is 0 Å². The van der Waals surface area contributed by atoms with Crippen LogP contribution in [0.25, 0.3) is 10.9 Å². The zero-order chi connectivity index (χ0) is 15.6. The number of alkyl carbamates (subject to hydrolysis) is 1. The molecule has 6 heteroatoms. The summed E-state index contributed by atoms with van der Waals surface area (Å²) in [5.74, 6) is 0. The molecule has 2 rings (SSSR count). The molecule has 0 saturated carbocycles. The average Bonchev–Trinajstić information content (AvgIpc) is 2.70. The van der Waals surface area contributed by atoms with E-state index in [0.717, 1.165) is 31.8 Å². The maximum atomic E-state index is 11.6. The quantitative estimate of drug-likeness (QED) is 0.756. The lowest BCUT2D eigenvalue weighted by atomic mass is 10.1. The van der Waals surface area contributed by atoms with Crippen LogP contribution in [0.4, 0.5) is 4.79 Å². The van der Waals surface area contributed by atoms with Gasteiger partial charge in [0.1, 0.15) is 5.60 Å². The number of ether oxygens (including phenoxy) is 1. The van der Waals surface area contributed by atoms with Gasteiger partial charge < -0.3 is 15.0 Å². The SMILES string of the molecule is CC(C)(C)OC(=O)NCCc1c[nH]c2cc(Br)c(Br)cc12. The van der Waals surface area contributed by atoms with Gasteiger partial charge in [0.15, 0.2) is 0 Å². The Morgan fingerprint density at radius 2 is 1.95 bits per heavy atom. The highest BCUT2D eigenvalue weighted by molar-refractivity contribution is 9.13. The number of halogens is 2. The number of carbonyl (C=O) groups is 1. The summed E-state index contributed by atoms with van der Waals surface area (Å²) in [5.41, 5.74) is 1.76. The van der Waals surface area contributed by atoms with Crippen LogP contribution in [0.1, 0.15) is 26.3 Å². The molecule has 0 aliphatic heterocycles. The Morgan fingerprint density at radius 3 is 2.62 bits per heavy atom. The largest absolute Gasteiger partial charge is 0.444 e. The fourth-order valence-corrected chi connectivity index (χ4v) is 2.68. The lowest BCUT2D eigenvalue weighted by Crippen LogP contribution is -2.33. The van der Waals surface area contributed by atoms with Crippen LogP contribution in [0.3, 0.4) is 0 Å². The van der Waals surface area contributed by atoms with E-state index in [1.807, 2.05) is 33.0 Å². The summed E-state index contributed by atoms with van der Waals surface area (Å²) < 4.78 is 7.23. The number of amides is 1. The van der Waals surface area contributed by atoms with Crippen LogP contribution >= 0.6 is 31.9 Å². The van der Waals surface area contributed by atoms with Crippen LogP contribution < -0.4 is 5.32 Å². The first-order valence-corrected chi connectivity index (χ1v) is 8.27. The van der Waals surface area contributed by atoms with Gasteiger partial charge >= 0.3 is 6.09 Å². The third-order valence-electron chi connectivity index (χ3n) is 2.87. The molecule has 0 unspecified atom stereocenters. The normalized spacial score (nSPS) is 11.7. The van der Waals surface area contributed by atoms with Crippen molar-refractivity contribution in [3.05, 3.63) is 32.8 Å². The van der Waals surface area contributed by atoms with E-state index < -0.39 is 5.60 Å². The summed E-state index contributed by atoms with van der Waals surface area (Å²) in [5, 5.41) is 3.92. The second kappa shape index (κ2) is 6.40. The molecule has 114 valence electrons. The van der Waals surface area contributed by atoms with Crippen molar-refractivity contribution < 1.29 is 9.53 Å². The molecule has 1 aromatic carbocycles. The number of nitrogens with one attached hydrogen (secondary N) is 2. The zero-order valence-electron chi connectivity index (χ0n) is 12.2. The summed E-state index contributed by atoms with van der Waals surface area (Å²) in [4.78, 5) is 14.8. The third-order valence-corrected chi connectivity index (χ3v) is 4.72. The molecule has 1 amide bonds. The van der Waals surface area contributed by atoms with E-state index in [1.165, 1.54) is 0 Å². The van der Waals surface area contributed by atoms with Crippen LogP contribution in [0.2, 0.25) is 0 Å². The molecule has 0 atom stereocenters. The molecule has 0 saturated heterocycles. The molecule has 0 radical (unpaired) electrons. The van der Waals surface area contributed by atoms with Gasteiger partial charge in [0.2, 0.25) is 0 Å². The number of aromatic amines is 1. The van der Waals surface area contributed by atoms with Crippen LogP contribution in [-0.2, 0) is 11.2 Å². The number of H-pyrrole nitrogens is 1. The van der Waals surface area contributed by atoms with E-state index in [1.54, 1.807) is 0 Å². The van der Waals surface area contributed by atoms with Crippen molar-refractivity contribution in [3.63, 3.8) is 0 Å². The predicted octanol–water partition coefficient (Wildman–Crippen LogP) is 4.76. The van der Waals surface area contributed by atoms with Crippen LogP contribution in [-0.4, -0.2) is 23.2 Å².